The molecule has 0 spiro atoms. The highest BCUT2D eigenvalue weighted by molar-refractivity contribution is 9.09. The summed E-state index contributed by atoms with van der Waals surface area (Å²) in [5, 5.41) is 3.08. The van der Waals surface area contributed by atoms with Crippen LogP contribution in [0, 0.1) is 0 Å². The van der Waals surface area contributed by atoms with E-state index in [4.69, 9.17) is 16.5 Å². The SMILES string of the molecule is C[Si](C)(CCC[Si](O[Si](C)(C)CCCBr)(O[Si](C)(C)CCCBr)O[Si](C)(C)CCCBr)O[SiH3]. The summed E-state index contributed by atoms with van der Waals surface area (Å²) in [4.78, 5) is 0. The molecule has 0 amide bonds. The Morgan fingerprint density at radius 2 is 0.788 bits per heavy atom. The van der Waals surface area contributed by atoms with Gasteiger partial charge in [0.1, 0.15) is 10.5 Å². The van der Waals surface area contributed by atoms with Gasteiger partial charge in [0.15, 0.2) is 33.3 Å². The van der Waals surface area contributed by atoms with Crippen LogP contribution < -0.4 is 0 Å². The minimum absolute atomic E-state index is 0.823. The first-order valence-electron chi connectivity index (χ1n) is 12.4. The van der Waals surface area contributed by atoms with E-state index in [1.165, 1.54) is 0 Å². The van der Waals surface area contributed by atoms with Crippen LogP contribution in [0.15, 0.2) is 0 Å². The third-order valence-electron chi connectivity index (χ3n) is 5.85. The van der Waals surface area contributed by atoms with Gasteiger partial charge in [0.25, 0.3) is 0 Å². The molecule has 0 aromatic carbocycles. The number of hydrogen-bond donors (Lipinski definition) is 0. The summed E-state index contributed by atoms with van der Waals surface area (Å²) in [5.74, 6) is 0. The Morgan fingerprint density at radius 1 is 0.485 bits per heavy atom. The molecule has 4 nitrogen and oxygen atoms in total. The lowest BCUT2D eigenvalue weighted by Gasteiger charge is -2.45. The highest BCUT2D eigenvalue weighted by atomic mass is 79.9. The first-order chi connectivity index (χ1) is 15.1. The summed E-state index contributed by atoms with van der Waals surface area (Å²) in [5.41, 5.74) is 0. The number of halogens is 3. The molecule has 0 heterocycles. The predicted octanol–water partition coefficient (Wildman–Crippen LogP) is 7.84. The van der Waals surface area contributed by atoms with Gasteiger partial charge >= 0.3 is 8.80 Å². The largest absolute Gasteiger partial charge is 0.469 e. The molecule has 200 valence electrons. The molecule has 33 heavy (non-hydrogen) atoms. The van der Waals surface area contributed by atoms with Crippen LogP contribution in [0.5, 0.6) is 0 Å². The first-order valence-corrected chi connectivity index (χ1v) is 31.0. The van der Waals surface area contributed by atoms with Crippen molar-refractivity contribution >= 4 is 100 Å². The van der Waals surface area contributed by atoms with Gasteiger partial charge < -0.3 is 16.5 Å². The second-order valence-corrected chi connectivity index (χ2v) is 35.9. The van der Waals surface area contributed by atoms with E-state index in [1.54, 1.807) is 0 Å². The second kappa shape index (κ2) is 16.5. The van der Waals surface area contributed by atoms with Crippen LogP contribution >= 0.6 is 47.8 Å². The summed E-state index contributed by atoms with van der Waals surface area (Å²) >= 11 is 10.9. The molecular formula is C20H51Br3O4Si6. The predicted molar refractivity (Wildman–Crippen MR) is 174 cm³/mol. The van der Waals surface area contributed by atoms with E-state index in [1.807, 2.05) is 0 Å². The van der Waals surface area contributed by atoms with Gasteiger partial charge in [-0.25, -0.2) is 0 Å². The Labute approximate surface area is 239 Å². The fourth-order valence-corrected chi connectivity index (χ4v) is 26.4. The summed E-state index contributed by atoms with van der Waals surface area (Å²) in [6.45, 7) is 18.9. The van der Waals surface area contributed by atoms with E-state index in [0.717, 1.165) is 82.4 Å². The minimum Gasteiger partial charge on any atom is -0.463 e. The minimum atomic E-state index is -2.85. The normalized spacial score (nSPS) is 14.3. The quantitative estimate of drug-likeness (QED) is 0.0937. The fourth-order valence-electron chi connectivity index (χ4n) is 3.94. The van der Waals surface area contributed by atoms with Gasteiger partial charge in [-0.3, -0.25) is 0 Å². The molecule has 0 saturated heterocycles. The Balaban J connectivity index is 6.11. The highest BCUT2D eigenvalue weighted by Crippen LogP contribution is 2.35. The average Bonchev–Trinajstić information content (AvgIpc) is 2.68. The second-order valence-electron chi connectivity index (χ2n) is 11.5. The number of alkyl halides is 3. The zero-order valence-electron chi connectivity index (χ0n) is 22.8. The maximum atomic E-state index is 7.25. The van der Waals surface area contributed by atoms with Crippen LogP contribution in [0.25, 0.3) is 0 Å². The smallest absolute Gasteiger partial charge is 0.463 e. The van der Waals surface area contributed by atoms with Crippen LogP contribution in [0.2, 0.25) is 82.6 Å². The molecule has 0 N–H and O–H groups in total. The topological polar surface area (TPSA) is 36.9 Å². The third-order valence-corrected chi connectivity index (χ3v) is 29.5. The van der Waals surface area contributed by atoms with Gasteiger partial charge in [-0.05, 0) is 102 Å². The lowest BCUT2D eigenvalue weighted by molar-refractivity contribution is 0.246. The molecule has 0 aromatic rings. The molecule has 0 bridgehead atoms. The van der Waals surface area contributed by atoms with Gasteiger partial charge in [-0.15, -0.1) is 0 Å². The first kappa shape index (κ1) is 35.6. The van der Waals surface area contributed by atoms with Crippen molar-refractivity contribution in [3.05, 3.63) is 0 Å². The van der Waals surface area contributed by atoms with Crippen molar-refractivity contribution < 1.29 is 16.5 Å². The lowest BCUT2D eigenvalue weighted by Crippen LogP contribution is -2.62. The van der Waals surface area contributed by atoms with E-state index < -0.39 is 42.1 Å². The standard InChI is InChI=1S/C20H51Br3O4Si6/c1-29(2,24-28)19-12-20-33(25-30(3,4)16-9-13-21,26-31(5,6)17-10-14-22)27-32(7,8)18-11-15-23/h9-20H2,1-8,28H3. The third kappa shape index (κ3) is 16.9. The number of hydrogen-bond acceptors (Lipinski definition) is 4. The fraction of sp³-hybridized carbons (Fsp3) is 1.00. The van der Waals surface area contributed by atoms with Crippen molar-refractivity contribution in [1.29, 1.82) is 0 Å². The van der Waals surface area contributed by atoms with Crippen molar-refractivity contribution in [3.8, 4) is 0 Å². The van der Waals surface area contributed by atoms with Crippen molar-refractivity contribution in [2.75, 3.05) is 16.0 Å². The van der Waals surface area contributed by atoms with Gasteiger partial charge in [-0.2, -0.15) is 0 Å². The van der Waals surface area contributed by atoms with Crippen LogP contribution in [-0.2, 0) is 16.5 Å². The summed E-state index contributed by atoms with van der Waals surface area (Å²) in [6, 6.07) is 5.50. The Hall–Kier alpha value is 2.58. The van der Waals surface area contributed by atoms with Crippen LogP contribution in [0.1, 0.15) is 25.7 Å². The molecule has 0 aromatic heterocycles. The van der Waals surface area contributed by atoms with Gasteiger partial charge in [0.05, 0.1) is 0 Å². The van der Waals surface area contributed by atoms with E-state index >= 15 is 0 Å². The maximum absolute atomic E-state index is 7.25. The van der Waals surface area contributed by atoms with Crippen LogP contribution in [0.3, 0.4) is 0 Å². The van der Waals surface area contributed by atoms with E-state index in [0.29, 0.717) is 0 Å². The molecule has 0 rings (SSSR count). The Kier molecular flexibility index (Phi) is 17.8. The van der Waals surface area contributed by atoms with Crippen molar-refractivity contribution in [2.45, 2.75) is 108 Å². The summed E-state index contributed by atoms with van der Waals surface area (Å²) < 4.78 is 27.7. The van der Waals surface area contributed by atoms with Crippen LogP contribution in [-0.4, -0.2) is 68.6 Å². The Morgan fingerprint density at radius 3 is 1.06 bits per heavy atom. The van der Waals surface area contributed by atoms with Crippen molar-refractivity contribution in [2.24, 2.45) is 0 Å². The Bertz CT molecular complexity index is 487. The summed E-state index contributed by atoms with van der Waals surface area (Å²) in [6.07, 6.45) is 4.52. The lowest BCUT2D eigenvalue weighted by atomic mass is 10.6. The molecule has 0 fully saturated rings. The van der Waals surface area contributed by atoms with E-state index in [2.05, 4.69) is 100 Å². The zero-order chi connectivity index (χ0) is 25.8. The van der Waals surface area contributed by atoms with Gasteiger partial charge in [-0.1, -0.05) is 47.8 Å². The maximum Gasteiger partial charge on any atom is 0.469 e. The average molecular weight is 764 g/mol. The van der Waals surface area contributed by atoms with Crippen LogP contribution in [0.4, 0.5) is 0 Å². The zero-order valence-corrected chi connectivity index (χ0v) is 34.5. The molecular weight excluding hydrogens is 712 g/mol. The monoisotopic (exact) mass is 760 g/mol. The molecule has 0 aliphatic heterocycles. The van der Waals surface area contributed by atoms with Gasteiger partial charge in [0.2, 0.25) is 0 Å². The highest BCUT2D eigenvalue weighted by Gasteiger charge is 2.52. The molecule has 0 saturated carbocycles. The molecule has 0 aliphatic rings. The molecule has 0 unspecified atom stereocenters. The number of rotatable bonds is 20. The van der Waals surface area contributed by atoms with E-state index in [-0.39, 0.29) is 0 Å². The van der Waals surface area contributed by atoms with Crippen molar-refractivity contribution in [3.63, 3.8) is 0 Å². The summed E-state index contributed by atoms with van der Waals surface area (Å²) in [7, 11) is -9.40. The van der Waals surface area contributed by atoms with E-state index in [9.17, 15) is 0 Å². The van der Waals surface area contributed by atoms with Gasteiger partial charge in [0, 0.05) is 22.0 Å². The molecule has 13 heteroatoms. The van der Waals surface area contributed by atoms with Crippen molar-refractivity contribution in [1.82, 2.24) is 0 Å². The molecule has 0 atom stereocenters. The molecule has 0 aliphatic carbocycles. The molecule has 0 radical (unpaired) electrons.